The maximum atomic E-state index is 14.1. The number of carbonyl (C=O) groups is 1. The second-order valence-electron chi connectivity index (χ2n) is 5.34. The second kappa shape index (κ2) is 7.20. The van der Waals surface area contributed by atoms with E-state index in [4.69, 9.17) is 14.9 Å². The molecule has 0 fully saturated rings. The SMILES string of the molecule is Cc1ccc(-c2nc(COc3ccc(F)c(C(N)=O)c3F)oc2Br)nc1. The van der Waals surface area contributed by atoms with Gasteiger partial charge < -0.3 is 14.9 Å². The van der Waals surface area contributed by atoms with Crippen molar-refractivity contribution in [1.29, 1.82) is 0 Å². The smallest absolute Gasteiger partial charge is 0.254 e. The number of aryl methyl sites for hydroxylation is 1. The third-order valence-electron chi connectivity index (χ3n) is 3.44. The lowest BCUT2D eigenvalue weighted by atomic mass is 10.1. The Hall–Kier alpha value is -2.81. The Balaban J connectivity index is 1.81. The van der Waals surface area contributed by atoms with Crippen LogP contribution in [-0.2, 0) is 6.61 Å². The molecular weight excluding hydrogens is 412 g/mol. The molecule has 0 aliphatic carbocycles. The molecule has 0 unspecified atom stereocenters. The number of carbonyl (C=O) groups excluding carboxylic acids is 1. The molecule has 0 bridgehead atoms. The van der Waals surface area contributed by atoms with Gasteiger partial charge in [-0.05, 0) is 46.6 Å². The molecule has 1 amide bonds. The van der Waals surface area contributed by atoms with Crippen LogP contribution in [0.4, 0.5) is 8.78 Å². The number of nitrogens with zero attached hydrogens (tertiary/aromatic N) is 2. The Labute approximate surface area is 155 Å². The minimum atomic E-state index is -1.22. The maximum absolute atomic E-state index is 14.1. The van der Waals surface area contributed by atoms with Crippen LogP contribution in [-0.4, -0.2) is 15.9 Å². The summed E-state index contributed by atoms with van der Waals surface area (Å²) in [5, 5.41) is 0. The molecule has 2 aromatic heterocycles. The number of hydrogen-bond donors (Lipinski definition) is 1. The van der Waals surface area contributed by atoms with Crippen LogP contribution in [0.3, 0.4) is 0 Å². The van der Waals surface area contributed by atoms with E-state index in [2.05, 4.69) is 25.9 Å². The summed E-state index contributed by atoms with van der Waals surface area (Å²) in [7, 11) is 0. The van der Waals surface area contributed by atoms with Gasteiger partial charge in [0.25, 0.3) is 5.91 Å². The predicted octanol–water partition coefficient (Wildman–Crippen LogP) is 3.76. The molecule has 26 heavy (non-hydrogen) atoms. The van der Waals surface area contributed by atoms with Crippen molar-refractivity contribution in [1.82, 2.24) is 9.97 Å². The van der Waals surface area contributed by atoms with Crippen LogP contribution in [0.2, 0.25) is 0 Å². The highest BCUT2D eigenvalue weighted by atomic mass is 79.9. The van der Waals surface area contributed by atoms with Gasteiger partial charge in [0.15, 0.2) is 22.8 Å². The molecule has 3 aromatic rings. The van der Waals surface area contributed by atoms with E-state index in [1.165, 1.54) is 0 Å². The van der Waals surface area contributed by atoms with Crippen molar-refractivity contribution in [2.45, 2.75) is 13.5 Å². The molecule has 2 N–H and O–H groups in total. The second-order valence-corrected chi connectivity index (χ2v) is 6.06. The highest BCUT2D eigenvalue weighted by Crippen LogP contribution is 2.29. The van der Waals surface area contributed by atoms with Crippen LogP contribution >= 0.6 is 15.9 Å². The van der Waals surface area contributed by atoms with Crippen molar-refractivity contribution in [3.8, 4) is 17.1 Å². The number of halogens is 3. The van der Waals surface area contributed by atoms with E-state index >= 15 is 0 Å². The first-order valence-electron chi connectivity index (χ1n) is 7.35. The average molecular weight is 424 g/mol. The van der Waals surface area contributed by atoms with E-state index < -0.39 is 23.1 Å². The van der Waals surface area contributed by atoms with Crippen LogP contribution in [0.25, 0.3) is 11.4 Å². The summed E-state index contributed by atoms with van der Waals surface area (Å²) >= 11 is 3.24. The van der Waals surface area contributed by atoms with E-state index in [-0.39, 0.29) is 18.2 Å². The van der Waals surface area contributed by atoms with Crippen molar-refractivity contribution in [2.75, 3.05) is 0 Å². The fourth-order valence-electron chi connectivity index (χ4n) is 2.18. The standard InChI is InChI=1S/C17H12BrF2N3O3/c1-8-2-4-10(22-6-8)15-16(18)26-12(23-15)7-25-11-5-3-9(19)13(14(11)20)17(21)24/h2-6H,7H2,1H3,(H2,21,24). The topological polar surface area (TPSA) is 91.2 Å². The molecule has 0 aliphatic rings. The van der Waals surface area contributed by atoms with Crippen molar-refractivity contribution < 1.29 is 22.7 Å². The molecule has 2 heterocycles. The van der Waals surface area contributed by atoms with Gasteiger partial charge in [0, 0.05) is 6.20 Å². The van der Waals surface area contributed by atoms with Crippen molar-refractivity contribution in [2.24, 2.45) is 5.73 Å². The van der Waals surface area contributed by atoms with E-state index in [1.807, 2.05) is 13.0 Å². The minimum Gasteiger partial charge on any atom is -0.481 e. The zero-order chi connectivity index (χ0) is 18.8. The average Bonchev–Trinajstić information content (AvgIpc) is 2.95. The van der Waals surface area contributed by atoms with Crippen molar-refractivity contribution in [3.05, 3.63) is 63.8 Å². The Morgan fingerprint density at radius 2 is 2.08 bits per heavy atom. The number of oxazole rings is 1. The van der Waals surface area contributed by atoms with E-state index in [0.29, 0.717) is 16.1 Å². The predicted molar refractivity (Wildman–Crippen MR) is 91.4 cm³/mol. The number of amides is 1. The number of nitrogens with two attached hydrogens (primary N) is 1. The summed E-state index contributed by atoms with van der Waals surface area (Å²) in [5.74, 6) is -3.67. The quantitative estimate of drug-likeness (QED) is 0.674. The van der Waals surface area contributed by atoms with E-state index in [1.54, 1.807) is 12.3 Å². The summed E-state index contributed by atoms with van der Waals surface area (Å²) in [6.07, 6.45) is 1.69. The summed E-state index contributed by atoms with van der Waals surface area (Å²) in [5.41, 5.74) is 6.15. The number of rotatable bonds is 5. The van der Waals surface area contributed by atoms with Crippen LogP contribution in [0.15, 0.2) is 39.5 Å². The van der Waals surface area contributed by atoms with Gasteiger partial charge in [0.2, 0.25) is 5.89 Å². The van der Waals surface area contributed by atoms with E-state index in [9.17, 15) is 13.6 Å². The first-order valence-corrected chi connectivity index (χ1v) is 8.15. The van der Waals surface area contributed by atoms with Gasteiger partial charge in [0.1, 0.15) is 17.1 Å². The van der Waals surface area contributed by atoms with Gasteiger partial charge in [-0.3, -0.25) is 9.78 Å². The summed E-state index contributed by atoms with van der Waals surface area (Å²) in [6, 6.07) is 5.60. The molecule has 0 spiro atoms. The molecule has 0 saturated carbocycles. The summed E-state index contributed by atoms with van der Waals surface area (Å²) < 4.78 is 38.6. The van der Waals surface area contributed by atoms with Gasteiger partial charge in [0.05, 0.1) is 5.69 Å². The lowest BCUT2D eigenvalue weighted by Gasteiger charge is -2.08. The van der Waals surface area contributed by atoms with Gasteiger partial charge >= 0.3 is 0 Å². The Morgan fingerprint density at radius 3 is 2.73 bits per heavy atom. The van der Waals surface area contributed by atoms with Crippen LogP contribution in [0, 0.1) is 18.6 Å². The molecule has 9 heteroatoms. The number of primary amides is 1. The fraction of sp³-hybridized carbons (Fsp3) is 0.118. The third-order valence-corrected chi connectivity index (χ3v) is 3.97. The molecule has 0 radical (unpaired) electrons. The van der Waals surface area contributed by atoms with Crippen molar-refractivity contribution >= 4 is 21.8 Å². The largest absolute Gasteiger partial charge is 0.481 e. The van der Waals surface area contributed by atoms with Crippen molar-refractivity contribution in [3.63, 3.8) is 0 Å². The molecule has 0 aliphatic heterocycles. The number of aromatic nitrogens is 2. The van der Waals surface area contributed by atoms with Crippen LogP contribution in [0.5, 0.6) is 5.75 Å². The Kier molecular flexibility index (Phi) is 4.99. The van der Waals surface area contributed by atoms with E-state index in [0.717, 1.165) is 17.7 Å². The number of hydrogen-bond acceptors (Lipinski definition) is 5. The molecule has 1 aromatic carbocycles. The fourth-order valence-corrected chi connectivity index (χ4v) is 2.66. The highest BCUT2D eigenvalue weighted by Gasteiger charge is 2.20. The summed E-state index contributed by atoms with van der Waals surface area (Å²) in [4.78, 5) is 19.6. The lowest BCUT2D eigenvalue weighted by Crippen LogP contribution is -2.16. The first kappa shape index (κ1) is 18.0. The zero-order valence-electron chi connectivity index (χ0n) is 13.4. The minimum absolute atomic E-state index is 0.138. The van der Waals surface area contributed by atoms with Gasteiger partial charge in [-0.1, -0.05) is 6.07 Å². The monoisotopic (exact) mass is 423 g/mol. The zero-order valence-corrected chi connectivity index (χ0v) is 15.0. The normalized spacial score (nSPS) is 10.8. The first-order chi connectivity index (χ1) is 12.4. The highest BCUT2D eigenvalue weighted by molar-refractivity contribution is 9.10. The van der Waals surface area contributed by atoms with Gasteiger partial charge in [-0.2, -0.15) is 0 Å². The summed E-state index contributed by atoms with van der Waals surface area (Å²) in [6.45, 7) is 1.66. The molecule has 0 saturated heterocycles. The maximum Gasteiger partial charge on any atom is 0.254 e. The van der Waals surface area contributed by atoms with Gasteiger partial charge in [-0.15, -0.1) is 0 Å². The van der Waals surface area contributed by atoms with Gasteiger partial charge in [-0.25, -0.2) is 13.8 Å². The molecule has 3 rings (SSSR count). The molecule has 0 atom stereocenters. The third kappa shape index (κ3) is 3.57. The molecular formula is C17H12BrF2N3O3. The molecule has 6 nitrogen and oxygen atoms in total. The Bertz CT molecular complexity index is 974. The number of ether oxygens (including phenoxy) is 1. The Morgan fingerprint density at radius 1 is 1.31 bits per heavy atom. The number of benzene rings is 1. The molecule has 134 valence electrons. The lowest BCUT2D eigenvalue weighted by molar-refractivity contribution is 0.0991. The number of pyridine rings is 1. The van der Waals surface area contributed by atoms with Crippen LogP contribution < -0.4 is 10.5 Å². The van der Waals surface area contributed by atoms with Crippen LogP contribution in [0.1, 0.15) is 21.8 Å².